The maximum atomic E-state index is 13.3. The Morgan fingerprint density at radius 2 is 2.35 bits per heavy atom. The van der Waals surface area contributed by atoms with Crippen molar-refractivity contribution in [1.82, 2.24) is 5.32 Å². The number of hydrogen-bond donors (Lipinski definition) is 2. The molecule has 0 spiro atoms. The molecule has 2 N–H and O–H groups in total. The lowest BCUT2D eigenvalue weighted by molar-refractivity contribution is -0.384. The summed E-state index contributed by atoms with van der Waals surface area (Å²) in [5.74, 6) is -0.613. The summed E-state index contributed by atoms with van der Waals surface area (Å²) in [5.41, 5.74) is -0.249. The Morgan fingerprint density at radius 1 is 1.65 bits per heavy atom. The molecule has 0 radical (unpaired) electrons. The predicted molar refractivity (Wildman–Crippen MR) is 67.5 cm³/mol. The third kappa shape index (κ3) is 3.80. The first kappa shape index (κ1) is 13.0. The van der Waals surface area contributed by atoms with Gasteiger partial charge >= 0.3 is 0 Å². The Balaban J connectivity index is 2.82. The molecule has 1 aromatic carbocycles. The molecule has 0 atom stereocenters. The smallest absolute Gasteiger partial charge is 0.271 e. The number of nitrogens with zero attached hydrogens (tertiary/aromatic N) is 1. The van der Waals surface area contributed by atoms with Crippen molar-refractivity contribution < 1.29 is 9.31 Å². The summed E-state index contributed by atoms with van der Waals surface area (Å²) in [6.07, 6.45) is 1.58. The van der Waals surface area contributed by atoms with E-state index in [1.165, 1.54) is 0 Å². The standard InChI is InChI=1S/C10H10FN3O2S/c1-2-5-12-10(17)13-9-6-7(14(15)16)3-4-8(9)11/h2-4,6H,1,5H2,(H2,12,13,17). The molecule has 0 fully saturated rings. The predicted octanol–water partition coefficient (Wildman–Crippen LogP) is 2.21. The molecule has 5 nitrogen and oxygen atoms in total. The average molecular weight is 255 g/mol. The lowest BCUT2D eigenvalue weighted by Crippen LogP contribution is -2.28. The van der Waals surface area contributed by atoms with Crippen molar-refractivity contribution in [3.05, 3.63) is 46.8 Å². The number of non-ortho nitro benzene ring substituents is 1. The highest BCUT2D eigenvalue weighted by Crippen LogP contribution is 2.20. The highest BCUT2D eigenvalue weighted by molar-refractivity contribution is 7.80. The second-order valence-corrected chi connectivity index (χ2v) is 3.45. The Labute approximate surface area is 102 Å². The molecule has 0 aliphatic rings. The molecule has 0 aliphatic heterocycles. The van der Waals surface area contributed by atoms with Gasteiger partial charge in [-0.2, -0.15) is 0 Å². The summed E-state index contributed by atoms with van der Waals surface area (Å²) in [6, 6.07) is 3.18. The first-order chi connectivity index (χ1) is 8.04. The number of halogens is 1. The van der Waals surface area contributed by atoms with Gasteiger partial charge < -0.3 is 10.6 Å². The minimum absolute atomic E-state index is 0.0410. The maximum absolute atomic E-state index is 13.3. The van der Waals surface area contributed by atoms with Gasteiger partial charge in [0.05, 0.1) is 10.6 Å². The van der Waals surface area contributed by atoms with Gasteiger partial charge in [-0.05, 0) is 18.3 Å². The van der Waals surface area contributed by atoms with Crippen LogP contribution in [0, 0.1) is 15.9 Å². The summed E-state index contributed by atoms with van der Waals surface area (Å²) in [4.78, 5) is 9.91. The minimum atomic E-state index is -0.613. The normalized spacial score (nSPS) is 9.47. The zero-order valence-corrected chi connectivity index (χ0v) is 9.59. The summed E-state index contributed by atoms with van der Waals surface area (Å²) >= 11 is 4.86. The molecule has 1 aromatic rings. The third-order valence-electron chi connectivity index (χ3n) is 1.82. The van der Waals surface area contributed by atoms with E-state index in [0.717, 1.165) is 18.2 Å². The molecule has 17 heavy (non-hydrogen) atoms. The summed E-state index contributed by atoms with van der Waals surface area (Å²) in [6.45, 7) is 3.90. The highest BCUT2D eigenvalue weighted by Gasteiger charge is 2.11. The number of nitro groups is 1. The van der Waals surface area contributed by atoms with Gasteiger partial charge in [0, 0.05) is 18.7 Å². The van der Waals surface area contributed by atoms with Gasteiger partial charge in [-0.1, -0.05) is 6.08 Å². The molecule has 0 saturated carbocycles. The number of hydrogen-bond acceptors (Lipinski definition) is 3. The van der Waals surface area contributed by atoms with Gasteiger partial charge in [0.25, 0.3) is 5.69 Å². The molecule has 0 unspecified atom stereocenters. The molecular weight excluding hydrogens is 245 g/mol. The maximum Gasteiger partial charge on any atom is 0.271 e. The van der Waals surface area contributed by atoms with E-state index in [0.29, 0.717) is 6.54 Å². The number of rotatable bonds is 4. The Morgan fingerprint density at radius 3 is 2.94 bits per heavy atom. The fourth-order valence-corrected chi connectivity index (χ4v) is 1.25. The van der Waals surface area contributed by atoms with Crippen LogP contribution in [0.4, 0.5) is 15.8 Å². The zero-order chi connectivity index (χ0) is 12.8. The van der Waals surface area contributed by atoms with Gasteiger partial charge in [0.1, 0.15) is 5.82 Å². The van der Waals surface area contributed by atoms with Crippen molar-refractivity contribution in [2.75, 3.05) is 11.9 Å². The number of thiocarbonyl (C=S) groups is 1. The lowest BCUT2D eigenvalue weighted by Gasteiger charge is -2.09. The van der Waals surface area contributed by atoms with Crippen molar-refractivity contribution in [3.63, 3.8) is 0 Å². The van der Waals surface area contributed by atoms with E-state index in [1.54, 1.807) is 6.08 Å². The second-order valence-electron chi connectivity index (χ2n) is 3.04. The summed E-state index contributed by atoms with van der Waals surface area (Å²) < 4.78 is 13.3. The van der Waals surface area contributed by atoms with E-state index >= 15 is 0 Å². The van der Waals surface area contributed by atoms with Crippen molar-refractivity contribution in [2.45, 2.75) is 0 Å². The van der Waals surface area contributed by atoms with Gasteiger partial charge in [-0.25, -0.2) is 4.39 Å². The van der Waals surface area contributed by atoms with Gasteiger partial charge in [0.2, 0.25) is 0 Å². The van der Waals surface area contributed by atoms with Crippen LogP contribution in [0.1, 0.15) is 0 Å². The monoisotopic (exact) mass is 255 g/mol. The topological polar surface area (TPSA) is 67.2 Å². The van der Waals surface area contributed by atoms with Crippen LogP contribution in [0.5, 0.6) is 0 Å². The molecule has 7 heteroatoms. The van der Waals surface area contributed by atoms with Crippen LogP contribution in [0.25, 0.3) is 0 Å². The summed E-state index contributed by atoms with van der Waals surface area (Å²) in [7, 11) is 0. The first-order valence-corrected chi connectivity index (χ1v) is 5.05. The van der Waals surface area contributed by atoms with E-state index in [9.17, 15) is 14.5 Å². The quantitative estimate of drug-likeness (QED) is 0.373. The largest absolute Gasteiger partial charge is 0.359 e. The Bertz CT molecular complexity index is 465. The average Bonchev–Trinajstić information content (AvgIpc) is 2.29. The molecule has 0 heterocycles. The Kier molecular flexibility index (Phi) is 4.53. The molecule has 1 rings (SSSR count). The van der Waals surface area contributed by atoms with Crippen molar-refractivity contribution >= 4 is 28.7 Å². The number of anilines is 1. The van der Waals surface area contributed by atoms with Crippen molar-refractivity contribution in [2.24, 2.45) is 0 Å². The van der Waals surface area contributed by atoms with E-state index in [-0.39, 0.29) is 16.5 Å². The molecule has 0 aromatic heterocycles. The van der Waals surface area contributed by atoms with Crippen LogP contribution in [-0.2, 0) is 0 Å². The van der Waals surface area contributed by atoms with Crippen LogP contribution in [-0.4, -0.2) is 16.6 Å². The number of nitro benzene ring substituents is 1. The van der Waals surface area contributed by atoms with Crippen LogP contribution in [0.2, 0.25) is 0 Å². The molecule has 0 amide bonds. The van der Waals surface area contributed by atoms with Crippen molar-refractivity contribution in [3.8, 4) is 0 Å². The van der Waals surface area contributed by atoms with E-state index in [4.69, 9.17) is 12.2 Å². The molecule has 0 saturated heterocycles. The zero-order valence-electron chi connectivity index (χ0n) is 8.77. The first-order valence-electron chi connectivity index (χ1n) is 4.64. The number of benzene rings is 1. The lowest BCUT2D eigenvalue weighted by atomic mass is 10.2. The summed E-state index contributed by atoms with van der Waals surface area (Å²) in [5, 5.41) is 15.9. The molecule has 0 aliphatic carbocycles. The van der Waals surface area contributed by atoms with Gasteiger partial charge in [-0.15, -0.1) is 6.58 Å². The fraction of sp³-hybridized carbons (Fsp3) is 0.100. The molecule has 90 valence electrons. The van der Waals surface area contributed by atoms with Gasteiger partial charge in [-0.3, -0.25) is 10.1 Å². The number of nitrogens with one attached hydrogen (secondary N) is 2. The fourth-order valence-electron chi connectivity index (χ4n) is 1.05. The minimum Gasteiger partial charge on any atom is -0.359 e. The SMILES string of the molecule is C=CCNC(=S)Nc1cc([N+](=O)[O-])ccc1F. The Hall–Kier alpha value is -2.02. The van der Waals surface area contributed by atoms with Crippen LogP contribution < -0.4 is 10.6 Å². The third-order valence-corrected chi connectivity index (χ3v) is 2.06. The van der Waals surface area contributed by atoms with Crippen LogP contribution in [0.15, 0.2) is 30.9 Å². The molecule has 0 bridgehead atoms. The van der Waals surface area contributed by atoms with E-state index in [2.05, 4.69) is 17.2 Å². The van der Waals surface area contributed by atoms with E-state index < -0.39 is 10.7 Å². The highest BCUT2D eigenvalue weighted by atomic mass is 32.1. The van der Waals surface area contributed by atoms with Gasteiger partial charge in [0.15, 0.2) is 5.11 Å². The van der Waals surface area contributed by atoms with Crippen molar-refractivity contribution in [1.29, 1.82) is 0 Å². The van der Waals surface area contributed by atoms with E-state index in [1.807, 2.05) is 0 Å². The van der Waals surface area contributed by atoms with Crippen LogP contribution >= 0.6 is 12.2 Å². The van der Waals surface area contributed by atoms with Crippen LogP contribution in [0.3, 0.4) is 0 Å². The molecular formula is C10H10FN3O2S. The second kappa shape index (κ2) is 5.90.